The molecule has 80 valence electrons. The third kappa shape index (κ3) is 11.5. The highest BCUT2D eigenvalue weighted by Gasteiger charge is 2.06. The highest BCUT2D eigenvalue weighted by atomic mass is 28.3. The van der Waals surface area contributed by atoms with Gasteiger partial charge in [-0.25, -0.2) is 0 Å². The molecule has 14 heavy (non-hydrogen) atoms. The van der Waals surface area contributed by atoms with E-state index in [0.29, 0.717) is 6.61 Å². The third-order valence-electron chi connectivity index (χ3n) is 1.68. The van der Waals surface area contributed by atoms with Crippen LogP contribution in [-0.2, 0) is 0 Å². The zero-order chi connectivity index (χ0) is 10.9. The Morgan fingerprint density at radius 3 is 2.43 bits per heavy atom. The SMILES string of the molecule is C[Si](C)(C)C#C/C=C/CCCCCO. The molecule has 0 atom stereocenters. The van der Waals surface area contributed by atoms with Crippen molar-refractivity contribution in [3.8, 4) is 11.5 Å². The van der Waals surface area contributed by atoms with Gasteiger partial charge in [0, 0.05) is 6.61 Å². The van der Waals surface area contributed by atoms with Gasteiger partial charge in [0.05, 0.1) is 0 Å². The third-order valence-corrected chi connectivity index (χ3v) is 2.57. The summed E-state index contributed by atoms with van der Waals surface area (Å²) in [5.74, 6) is 3.10. The molecule has 0 aliphatic heterocycles. The highest BCUT2D eigenvalue weighted by Crippen LogP contribution is 2.00. The van der Waals surface area contributed by atoms with Gasteiger partial charge in [-0.15, -0.1) is 5.54 Å². The van der Waals surface area contributed by atoms with E-state index in [9.17, 15) is 0 Å². The molecule has 0 unspecified atom stereocenters. The van der Waals surface area contributed by atoms with E-state index >= 15 is 0 Å². The molecule has 0 bridgehead atoms. The molecule has 0 aromatic carbocycles. The maximum absolute atomic E-state index is 8.56. The maximum atomic E-state index is 8.56. The first kappa shape index (κ1) is 13.5. The van der Waals surface area contributed by atoms with Crippen LogP contribution in [0.25, 0.3) is 0 Å². The predicted molar refractivity (Wildman–Crippen MR) is 65.8 cm³/mol. The van der Waals surface area contributed by atoms with Crippen LogP contribution in [-0.4, -0.2) is 19.8 Å². The summed E-state index contributed by atoms with van der Waals surface area (Å²) in [6.45, 7) is 7.05. The molecule has 1 nitrogen and oxygen atoms in total. The maximum Gasteiger partial charge on any atom is 0.129 e. The lowest BCUT2D eigenvalue weighted by molar-refractivity contribution is 0.283. The van der Waals surface area contributed by atoms with Crippen LogP contribution in [0.3, 0.4) is 0 Å². The van der Waals surface area contributed by atoms with Gasteiger partial charge in [0.2, 0.25) is 0 Å². The number of hydrogen-bond donors (Lipinski definition) is 1. The van der Waals surface area contributed by atoms with E-state index in [1.54, 1.807) is 0 Å². The van der Waals surface area contributed by atoms with Crippen molar-refractivity contribution >= 4 is 8.07 Å². The van der Waals surface area contributed by atoms with E-state index in [1.165, 1.54) is 0 Å². The minimum absolute atomic E-state index is 0.319. The van der Waals surface area contributed by atoms with E-state index in [4.69, 9.17) is 5.11 Å². The van der Waals surface area contributed by atoms with Crippen molar-refractivity contribution in [2.24, 2.45) is 0 Å². The van der Waals surface area contributed by atoms with Crippen molar-refractivity contribution in [3.63, 3.8) is 0 Å². The van der Waals surface area contributed by atoms with Gasteiger partial charge in [0.25, 0.3) is 0 Å². The van der Waals surface area contributed by atoms with Crippen molar-refractivity contribution < 1.29 is 5.11 Å². The van der Waals surface area contributed by atoms with Crippen LogP contribution in [0.5, 0.6) is 0 Å². The zero-order valence-corrected chi connectivity index (χ0v) is 10.6. The molecular weight excluding hydrogens is 188 g/mol. The lowest BCUT2D eigenvalue weighted by Gasteiger charge is -2.02. The lowest BCUT2D eigenvalue weighted by Crippen LogP contribution is -2.16. The minimum Gasteiger partial charge on any atom is -0.396 e. The van der Waals surface area contributed by atoms with Gasteiger partial charge in [0.15, 0.2) is 0 Å². The number of unbranched alkanes of at least 4 members (excludes halogenated alkanes) is 3. The Kier molecular flexibility index (Phi) is 7.55. The fraction of sp³-hybridized carbons (Fsp3) is 0.667. The van der Waals surface area contributed by atoms with Gasteiger partial charge in [-0.3, -0.25) is 0 Å². The summed E-state index contributed by atoms with van der Waals surface area (Å²) in [6.07, 6.45) is 8.38. The number of allylic oxidation sites excluding steroid dienone is 2. The standard InChI is InChI=1S/C12H22OSi/c1-14(2,3)12-10-8-6-4-5-7-9-11-13/h6,8,13H,4-5,7,9,11H2,1-3H3/b8-6+. The summed E-state index contributed by atoms with van der Waals surface area (Å²) in [4.78, 5) is 0. The van der Waals surface area contributed by atoms with Gasteiger partial charge in [0.1, 0.15) is 8.07 Å². The van der Waals surface area contributed by atoms with Gasteiger partial charge >= 0.3 is 0 Å². The Hall–Kier alpha value is -0.523. The average Bonchev–Trinajstić information content (AvgIpc) is 2.08. The largest absolute Gasteiger partial charge is 0.396 e. The quantitative estimate of drug-likeness (QED) is 0.420. The molecule has 0 aliphatic carbocycles. The number of aliphatic hydroxyl groups excluding tert-OH is 1. The second-order valence-corrected chi connectivity index (χ2v) is 9.24. The number of aliphatic hydroxyl groups is 1. The fourth-order valence-electron chi connectivity index (χ4n) is 0.951. The summed E-state index contributed by atoms with van der Waals surface area (Å²) in [6, 6.07) is 0. The van der Waals surface area contributed by atoms with E-state index < -0.39 is 8.07 Å². The topological polar surface area (TPSA) is 20.2 Å². The molecular formula is C12H22OSi. The Labute approximate surface area is 89.2 Å². The molecule has 0 aliphatic rings. The Balaban J connectivity index is 3.48. The average molecular weight is 210 g/mol. The molecule has 0 aromatic heterocycles. The van der Waals surface area contributed by atoms with Crippen molar-refractivity contribution in [1.82, 2.24) is 0 Å². The van der Waals surface area contributed by atoms with Crippen LogP contribution in [0.1, 0.15) is 25.7 Å². The summed E-state index contributed by atoms with van der Waals surface area (Å²) >= 11 is 0. The Morgan fingerprint density at radius 1 is 1.14 bits per heavy atom. The molecule has 0 rings (SSSR count). The lowest BCUT2D eigenvalue weighted by atomic mass is 10.2. The summed E-state index contributed by atoms with van der Waals surface area (Å²) in [7, 11) is -1.18. The first-order valence-electron chi connectivity index (χ1n) is 5.35. The van der Waals surface area contributed by atoms with Crippen LogP contribution >= 0.6 is 0 Å². The molecule has 0 spiro atoms. The van der Waals surface area contributed by atoms with E-state index in [0.717, 1.165) is 25.7 Å². The van der Waals surface area contributed by atoms with Crippen LogP contribution in [0, 0.1) is 11.5 Å². The van der Waals surface area contributed by atoms with Crippen LogP contribution in [0.15, 0.2) is 12.2 Å². The smallest absolute Gasteiger partial charge is 0.129 e. The van der Waals surface area contributed by atoms with Gasteiger partial charge < -0.3 is 5.11 Å². The second-order valence-electron chi connectivity index (χ2n) is 4.49. The van der Waals surface area contributed by atoms with Crippen molar-refractivity contribution in [1.29, 1.82) is 0 Å². The molecule has 0 amide bonds. The molecule has 1 N–H and O–H groups in total. The number of rotatable bonds is 5. The second kappa shape index (κ2) is 7.84. The van der Waals surface area contributed by atoms with Gasteiger partial charge in [-0.1, -0.05) is 38.1 Å². The first-order chi connectivity index (χ1) is 6.56. The molecule has 0 fully saturated rings. The van der Waals surface area contributed by atoms with E-state index in [1.807, 2.05) is 6.08 Å². The van der Waals surface area contributed by atoms with Crippen molar-refractivity contribution in [3.05, 3.63) is 12.2 Å². The Bertz CT molecular complexity index is 215. The van der Waals surface area contributed by atoms with E-state index in [2.05, 4.69) is 37.2 Å². The van der Waals surface area contributed by atoms with Crippen LogP contribution in [0.2, 0.25) is 19.6 Å². The van der Waals surface area contributed by atoms with Gasteiger partial charge in [-0.2, -0.15) is 0 Å². The van der Waals surface area contributed by atoms with Crippen LogP contribution in [0.4, 0.5) is 0 Å². The molecule has 0 saturated carbocycles. The minimum atomic E-state index is -1.18. The molecule has 0 saturated heterocycles. The van der Waals surface area contributed by atoms with E-state index in [-0.39, 0.29) is 0 Å². The zero-order valence-electron chi connectivity index (χ0n) is 9.64. The monoisotopic (exact) mass is 210 g/mol. The summed E-state index contributed by atoms with van der Waals surface area (Å²) < 4.78 is 0. The molecule has 0 aromatic rings. The predicted octanol–water partition coefficient (Wildman–Crippen LogP) is 2.98. The summed E-state index contributed by atoms with van der Waals surface area (Å²) in [5.41, 5.74) is 3.29. The normalized spacial score (nSPS) is 11.4. The van der Waals surface area contributed by atoms with Gasteiger partial charge in [-0.05, 0) is 25.3 Å². The van der Waals surface area contributed by atoms with Crippen molar-refractivity contribution in [2.75, 3.05) is 6.61 Å². The van der Waals surface area contributed by atoms with Crippen molar-refractivity contribution in [2.45, 2.75) is 45.3 Å². The Morgan fingerprint density at radius 2 is 1.86 bits per heavy atom. The molecule has 0 heterocycles. The fourth-order valence-corrected chi connectivity index (χ4v) is 1.47. The first-order valence-corrected chi connectivity index (χ1v) is 8.85. The van der Waals surface area contributed by atoms with Crippen LogP contribution < -0.4 is 0 Å². The summed E-state index contributed by atoms with van der Waals surface area (Å²) in [5, 5.41) is 8.56. The molecule has 0 radical (unpaired) electrons. The highest BCUT2D eigenvalue weighted by molar-refractivity contribution is 6.83. The number of hydrogen-bond acceptors (Lipinski definition) is 1. The molecule has 2 heteroatoms.